The van der Waals surface area contributed by atoms with Crippen LogP contribution >= 0.6 is 0 Å². The number of rotatable bonds is 1. The van der Waals surface area contributed by atoms with Gasteiger partial charge in [0.1, 0.15) is 0 Å². The first kappa shape index (κ1) is 8.52. The average Bonchev–Trinajstić information content (AvgIpc) is 1.96. The highest BCUT2D eigenvalue weighted by atomic mass is 16.3. The number of pyridine rings is 1. The summed E-state index contributed by atoms with van der Waals surface area (Å²) >= 11 is 0. The summed E-state index contributed by atoms with van der Waals surface area (Å²) in [6.45, 7) is 2.90. The van der Waals surface area contributed by atoms with Crippen molar-refractivity contribution in [2.24, 2.45) is 0 Å². The van der Waals surface area contributed by atoms with E-state index in [1.807, 2.05) is 0 Å². The third-order valence-corrected chi connectivity index (χ3v) is 1.59. The molecule has 0 bridgehead atoms. The van der Waals surface area contributed by atoms with Crippen molar-refractivity contribution in [2.45, 2.75) is 13.8 Å². The van der Waals surface area contributed by atoms with E-state index >= 15 is 0 Å². The zero-order chi connectivity index (χ0) is 9.30. The maximum Gasteiger partial charge on any atom is 0.253 e. The lowest BCUT2D eigenvalue weighted by atomic mass is 10.1. The molecule has 0 atom stereocenters. The van der Waals surface area contributed by atoms with Gasteiger partial charge in [0.25, 0.3) is 5.56 Å². The Labute approximate surface area is 68.9 Å². The fourth-order valence-electron chi connectivity index (χ4n) is 0.892. The lowest BCUT2D eigenvalue weighted by Crippen LogP contribution is -2.11. The van der Waals surface area contributed by atoms with E-state index in [0.29, 0.717) is 5.56 Å². The number of ketones is 1. The third-order valence-electron chi connectivity index (χ3n) is 1.59. The van der Waals surface area contributed by atoms with Gasteiger partial charge in [-0.15, -0.1) is 0 Å². The van der Waals surface area contributed by atoms with Crippen LogP contribution in [0.15, 0.2) is 10.9 Å². The van der Waals surface area contributed by atoms with Crippen LogP contribution in [-0.4, -0.2) is 15.9 Å². The Bertz CT molecular complexity index is 378. The Hall–Kier alpha value is -1.58. The van der Waals surface area contributed by atoms with Gasteiger partial charge in [-0.25, -0.2) is 0 Å². The summed E-state index contributed by atoms with van der Waals surface area (Å²) in [6.07, 6.45) is 0. The molecule has 2 N–H and O–H groups in total. The van der Waals surface area contributed by atoms with E-state index in [0.717, 1.165) is 0 Å². The van der Waals surface area contributed by atoms with Gasteiger partial charge in [-0.05, 0) is 19.9 Å². The van der Waals surface area contributed by atoms with Gasteiger partial charge in [0.05, 0.1) is 5.56 Å². The zero-order valence-corrected chi connectivity index (χ0v) is 6.84. The maximum absolute atomic E-state index is 10.9. The molecule has 0 unspecified atom stereocenters. The molecule has 1 aromatic heterocycles. The second kappa shape index (κ2) is 2.81. The number of carbonyl (C=O) groups is 1. The molecule has 1 rings (SSSR count). The number of nitrogens with one attached hydrogen (secondary N) is 1. The van der Waals surface area contributed by atoms with E-state index in [4.69, 9.17) is 5.11 Å². The van der Waals surface area contributed by atoms with E-state index in [2.05, 4.69) is 4.98 Å². The topological polar surface area (TPSA) is 70.2 Å². The molecular formula is C8H9NO3. The number of aryl methyl sites for hydroxylation is 1. The van der Waals surface area contributed by atoms with Crippen LogP contribution in [0.3, 0.4) is 0 Å². The highest BCUT2D eigenvalue weighted by Crippen LogP contribution is 2.11. The summed E-state index contributed by atoms with van der Waals surface area (Å²) in [4.78, 5) is 23.9. The second-order valence-corrected chi connectivity index (χ2v) is 2.60. The number of aromatic hydroxyl groups is 1. The Morgan fingerprint density at radius 3 is 2.67 bits per heavy atom. The fourth-order valence-corrected chi connectivity index (χ4v) is 0.892. The fraction of sp³-hybridized carbons (Fsp3) is 0.250. The quantitative estimate of drug-likeness (QED) is 0.601. The number of hydrogen-bond donors (Lipinski definition) is 2. The molecule has 0 spiro atoms. The SMILES string of the molecule is CC(=O)c1cc(C)c(=O)[nH]c1O. The van der Waals surface area contributed by atoms with Crippen molar-refractivity contribution >= 4 is 5.78 Å². The summed E-state index contributed by atoms with van der Waals surface area (Å²) in [6, 6.07) is 1.37. The average molecular weight is 167 g/mol. The van der Waals surface area contributed by atoms with Crippen LogP contribution in [0.2, 0.25) is 0 Å². The van der Waals surface area contributed by atoms with Crippen molar-refractivity contribution in [1.82, 2.24) is 4.98 Å². The van der Waals surface area contributed by atoms with Gasteiger partial charge in [0, 0.05) is 5.56 Å². The first-order chi connectivity index (χ1) is 5.52. The molecule has 0 saturated carbocycles. The van der Waals surface area contributed by atoms with Crippen LogP contribution in [0.1, 0.15) is 22.8 Å². The number of Topliss-reactive ketones (excluding diaryl/α,β-unsaturated/α-hetero) is 1. The van der Waals surface area contributed by atoms with Crippen LogP contribution in [0, 0.1) is 6.92 Å². The molecular weight excluding hydrogens is 158 g/mol. The lowest BCUT2D eigenvalue weighted by Gasteiger charge is -1.99. The minimum Gasteiger partial charge on any atom is -0.494 e. The number of hydrogen-bond acceptors (Lipinski definition) is 3. The maximum atomic E-state index is 10.9. The van der Waals surface area contributed by atoms with Gasteiger partial charge >= 0.3 is 0 Å². The zero-order valence-electron chi connectivity index (χ0n) is 6.84. The Balaban J connectivity index is 3.43. The standard InChI is InChI=1S/C8H9NO3/c1-4-3-6(5(2)10)8(12)9-7(4)11/h3H,1-2H3,(H2,9,11,12). The van der Waals surface area contributed by atoms with Crippen molar-refractivity contribution in [1.29, 1.82) is 0 Å². The molecule has 0 radical (unpaired) electrons. The predicted molar refractivity (Wildman–Crippen MR) is 43.5 cm³/mol. The Morgan fingerprint density at radius 2 is 2.17 bits per heavy atom. The molecule has 0 fully saturated rings. The van der Waals surface area contributed by atoms with Crippen molar-refractivity contribution in [3.63, 3.8) is 0 Å². The van der Waals surface area contributed by atoms with Gasteiger partial charge < -0.3 is 5.11 Å². The molecule has 0 aliphatic carbocycles. The normalized spacial score (nSPS) is 9.83. The Kier molecular flexibility index (Phi) is 1.99. The monoisotopic (exact) mass is 167 g/mol. The highest BCUT2D eigenvalue weighted by Gasteiger charge is 2.08. The number of aromatic amines is 1. The molecule has 1 aromatic rings. The summed E-state index contributed by atoms with van der Waals surface area (Å²) in [5.74, 6) is -0.634. The summed E-state index contributed by atoms with van der Waals surface area (Å²) in [5.41, 5.74) is 0.183. The summed E-state index contributed by atoms with van der Waals surface area (Å²) < 4.78 is 0. The van der Waals surface area contributed by atoms with Crippen LogP contribution in [0.5, 0.6) is 5.88 Å². The first-order valence-corrected chi connectivity index (χ1v) is 3.46. The highest BCUT2D eigenvalue weighted by molar-refractivity contribution is 5.96. The van der Waals surface area contributed by atoms with E-state index in [9.17, 15) is 9.59 Å². The molecule has 0 amide bonds. The first-order valence-electron chi connectivity index (χ1n) is 3.46. The van der Waals surface area contributed by atoms with Crippen molar-refractivity contribution in [3.8, 4) is 5.88 Å². The van der Waals surface area contributed by atoms with Crippen molar-refractivity contribution in [3.05, 3.63) is 27.5 Å². The van der Waals surface area contributed by atoms with Crippen molar-refractivity contribution in [2.75, 3.05) is 0 Å². The molecule has 1 heterocycles. The van der Waals surface area contributed by atoms with Gasteiger partial charge in [-0.1, -0.05) is 0 Å². The lowest BCUT2D eigenvalue weighted by molar-refractivity contribution is 0.101. The number of aromatic nitrogens is 1. The summed E-state index contributed by atoms with van der Waals surface area (Å²) in [5, 5.41) is 9.11. The predicted octanol–water partition coefficient (Wildman–Crippen LogP) is 0.592. The van der Waals surface area contributed by atoms with Gasteiger partial charge in [-0.2, -0.15) is 0 Å². The second-order valence-electron chi connectivity index (χ2n) is 2.60. The van der Waals surface area contributed by atoms with E-state index in [1.165, 1.54) is 13.0 Å². The van der Waals surface area contributed by atoms with Crippen LogP contribution in [-0.2, 0) is 0 Å². The van der Waals surface area contributed by atoms with Crippen molar-refractivity contribution < 1.29 is 9.90 Å². The van der Waals surface area contributed by atoms with Crippen LogP contribution in [0.25, 0.3) is 0 Å². The molecule has 0 aromatic carbocycles. The Morgan fingerprint density at radius 1 is 1.58 bits per heavy atom. The van der Waals surface area contributed by atoms with Gasteiger partial charge in [0.15, 0.2) is 5.78 Å². The molecule has 0 aliphatic heterocycles. The van der Waals surface area contributed by atoms with E-state index < -0.39 is 0 Å². The minimum absolute atomic E-state index is 0.145. The largest absolute Gasteiger partial charge is 0.494 e. The van der Waals surface area contributed by atoms with E-state index in [-0.39, 0.29) is 22.8 Å². The molecule has 64 valence electrons. The number of H-pyrrole nitrogens is 1. The molecule has 4 nitrogen and oxygen atoms in total. The number of carbonyl (C=O) groups excluding carboxylic acids is 1. The van der Waals surface area contributed by atoms with E-state index in [1.54, 1.807) is 6.92 Å². The molecule has 12 heavy (non-hydrogen) atoms. The summed E-state index contributed by atoms with van der Waals surface area (Å²) in [7, 11) is 0. The van der Waals surface area contributed by atoms with Crippen LogP contribution < -0.4 is 5.56 Å². The van der Waals surface area contributed by atoms with Gasteiger partial charge in [-0.3, -0.25) is 14.6 Å². The molecule has 4 heteroatoms. The third kappa shape index (κ3) is 1.37. The smallest absolute Gasteiger partial charge is 0.253 e. The minimum atomic E-state index is -0.377. The molecule has 0 aliphatic rings. The van der Waals surface area contributed by atoms with Gasteiger partial charge in [0.2, 0.25) is 5.88 Å². The van der Waals surface area contributed by atoms with Crippen LogP contribution in [0.4, 0.5) is 0 Å². The molecule has 0 saturated heterocycles.